The lowest BCUT2D eigenvalue weighted by molar-refractivity contribution is -0.138. The molecule has 1 heterocycles. The first-order valence-corrected chi connectivity index (χ1v) is 5.73. The Labute approximate surface area is 103 Å². The number of rotatable bonds is 3. The van der Waals surface area contributed by atoms with Crippen molar-refractivity contribution in [3.05, 3.63) is 48.0 Å². The maximum Gasteiger partial charge on any atom is 0.307 e. The number of benzene rings is 1. The Morgan fingerprint density at radius 3 is 2.56 bits per heavy atom. The minimum atomic E-state index is -0.778. The van der Waals surface area contributed by atoms with Crippen LogP contribution in [0, 0.1) is 11.7 Å². The van der Waals surface area contributed by atoms with E-state index >= 15 is 0 Å². The smallest absolute Gasteiger partial charge is 0.307 e. The summed E-state index contributed by atoms with van der Waals surface area (Å²) in [6, 6.07) is 9.61. The van der Waals surface area contributed by atoms with Crippen LogP contribution in [0.4, 0.5) is 4.39 Å². The number of hydrogen-bond acceptors (Lipinski definition) is 2. The molecule has 3 rings (SSSR count). The lowest BCUT2D eigenvalue weighted by Crippen LogP contribution is -1.98. The second-order valence-corrected chi connectivity index (χ2v) is 4.50. The first-order valence-electron chi connectivity index (χ1n) is 5.73. The van der Waals surface area contributed by atoms with Crippen LogP contribution in [0.1, 0.15) is 18.1 Å². The molecule has 2 atom stereocenters. The van der Waals surface area contributed by atoms with Crippen LogP contribution >= 0.6 is 0 Å². The van der Waals surface area contributed by atoms with Crippen LogP contribution in [0.3, 0.4) is 0 Å². The third kappa shape index (κ3) is 1.90. The maximum absolute atomic E-state index is 12.8. The highest BCUT2D eigenvalue weighted by Gasteiger charge is 2.46. The molecule has 1 fully saturated rings. The van der Waals surface area contributed by atoms with Gasteiger partial charge in [0.25, 0.3) is 0 Å². The molecule has 1 aliphatic carbocycles. The van der Waals surface area contributed by atoms with Crippen molar-refractivity contribution in [1.29, 1.82) is 0 Å². The van der Waals surface area contributed by atoms with Crippen molar-refractivity contribution in [1.82, 2.24) is 0 Å². The lowest BCUT2D eigenvalue weighted by atomic mass is 10.2. The number of halogens is 1. The van der Waals surface area contributed by atoms with E-state index in [4.69, 9.17) is 9.52 Å². The Hall–Kier alpha value is -2.10. The summed E-state index contributed by atoms with van der Waals surface area (Å²) in [4.78, 5) is 10.8. The molecule has 0 radical (unpaired) electrons. The van der Waals surface area contributed by atoms with Gasteiger partial charge in [0.1, 0.15) is 17.3 Å². The van der Waals surface area contributed by atoms with E-state index in [0.29, 0.717) is 17.9 Å². The van der Waals surface area contributed by atoms with E-state index in [2.05, 4.69) is 0 Å². The van der Waals surface area contributed by atoms with E-state index in [1.165, 1.54) is 12.1 Å². The number of carboxylic acids is 1. The monoisotopic (exact) mass is 246 g/mol. The van der Waals surface area contributed by atoms with Crippen LogP contribution in [-0.4, -0.2) is 11.1 Å². The number of carboxylic acid groups (broad SMARTS) is 1. The summed E-state index contributed by atoms with van der Waals surface area (Å²) in [7, 11) is 0. The predicted molar refractivity (Wildman–Crippen MR) is 62.6 cm³/mol. The molecular weight excluding hydrogens is 235 g/mol. The third-order valence-corrected chi connectivity index (χ3v) is 3.23. The largest absolute Gasteiger partial charge is 0.481 e. The number of hydrogen-bond donors (Lipinski definition) is 1. The van der Waals surface area contributed by atoms with Gasteiger partial charge >= 0.3 is 5.97 Å². The molecule has 92 valence electrons. The first kappa shape index (κ1) is 11.0. The van der Waals surface area contributed by atoms with Crippen molar-refractivity contribution in [3.63, 3.8) is 0 Å². The summed E-state index contributed by atoms with van der Waals surface area (Å²) in [5.41, 5.74) is 0.787. The molecular formula is C14H11FO3. The van der Waals surface area contributed by atoms with E-state index in [-0.39, 0.29) is 17.7 Å². The Kier molecular flexibility index (Phi) is 2.44. The predicted octanol–water partition coefficient (Wildman–Crippen LogP) is 3.27. The first-order chi connectivity index (χ1) is 8.65. The van der Waals surface area contributed by atoms with E-state index in [0.717, 1.165) is 5.56 Å². The zero-order valence-corrected chi connectivity index (χ0v) is 9.47. The summed E-state index contributed by atoms with van der Waals surface area (Å²) >= 11 is 0. The summed E-state index contributed by atoms with van der Waals surface area (Å²) in [6.07, 6.45) is 0.631. The van der Waals surface area contributed by atoms with Gasteiger partial charge in [-0.2, -0.15) is 0 Å². The Morgan fingerprint density at radius 2 is 1.94 bits per heavy atom. The fourth-order valence-corrected chi connectivity index (χ4v) is 2.10. The molecule has 0 saturated heterocycles. The molecule has 1 N–H and O–H groups in total. The molecule has 0 aliphatic heterocycles. The zero-order chi connectivity index (χ0) is 12.7. The van der Waals surface area contributed by atoms with Gasteiger partial charge in [0.2, 0.25) is 0 Å². The number of aliphatic carboxylic acids is 1. The second-order valence-electron chi connectivity index (χ2n) is 4.50. The summed E-state index contributed by atoms with van der Waals surface area (Å²) < 4.78 is 18.4. The van der Waals surface area contributed by atoms with Crippen LogP contribution in [0.5, 0.6) is 0 Å². The van der Waals surface area contributed by atoms with Gasteiger partial charge in [-0.05, 0) is 42.8 Å². The molecule has 1 aliphatic rings. The molecule has 1 saturated carbocycles. The lowest BCUT2D eigenvalue weighted by Gasteiger charge is -1.97. The average molecular weight is 246 g/mol. The van der Waals surface area contributed by atoms with Gasteiger partial charge in [0.05, 0.1) is 5.92 Å². The highest BCUT2D eigenvalue weighted by molar-refractivity contribution is 5.75. The maximum atomic E-state index is 12.8. The Bertz CT molecular complexity index is 585. The SMILES string of the molecule is O=C(O)C1CC1c1ccc(-c2ccc(F)cc2)o1. The van der Waals surface area contributed by atoms with Gasteiger partial charge in [-0.1, -0.05) is 0 Å². The minimum absolute atomic E-state index is 0.0169. The Morgan fingerprint density at radius 1 is 1.22 bits per heavy atom. The topological polar surface area (TPSA) is 50.4 Å². The van der Waals surface area contributed by atoms with Gasteiger partial charge in [0.15, 0.2) is 0 Å². The van der Waals surface area contributed by atoms with Crippen LogP contribution < -0.4 is 0 Å². The van der Waals surface area contributed by atoms with Crippen molar-refractivity contribution in [2.24, 2.45) is 5.92 Å². The second kappa shape index (κ2) is 3.98. The van der Waals surface area contributed by atoms with Gasteiger partial charge in [0, 0.05) is 11.5 Å². The zero-order valence-electron chi connectivity index (χ0n) is 9.47. The van der Waals surface area contributed by atoms with Crippen LogP contribution in [0.25, 0.3) is 11.3 Å². The molecule has 0 amide bonds. The van der Waals surface area contributed by atoms with Crippen molar-refractivity contribution < 1.29 is 18.7 Å². The van der Waals surface area contributed by atoms with Crippen LogP contribution in [-0.2, 0) is 4.79 Å². The minimum Gasteiger partial charge on any atom is -0.481 e. The van der Waals surface area contributed by atoms with E-state index in [9.17, 15) is 9.18 Å². The van der Waals surface area contributed by atoms with Crippen LogP contribution in [0.2, 0.25) is 0 Å². The van der Waals surface area contributed by atoms with E-state index < -0.39 is 5.97 Å². The van der Waals surface area contributed by atoms with Crippen molar-refractivity contribution in [2.45, 2.75) is 12.3 Å². The van der Waals surface area contributed by atoms with Gasteiger partial charge < -0.3 is 9.52 Å². The Balaban J connectivity index is 1.82. The molecule has 0 bridgehead atoms. The van der Waals surface area contributed by atoms with Crippen molar-refractivity contribution in [2.75, 3.05) is 0 Å². The highest BCUT2D eigenvalue weighted by atomic mass is 19.1. The summed E-state index contributed by atoms with van der Waals surface area (Å²) in [6.45, 7) is 0. The molecule has 1 aromatic carbocycles. The third-order valence-electron chi connectivity index (χ3n) is 3.23. The molecule has 0 spiro atoms. The van der Waals surface area contributed by atoms with Crippen LogP contribution in [0.15, 0.2) is 40.8 Å². The standard InChI is InChI=1S/C14H11FO3/c15-9-3-1-8(2-4-9)12-5-6-13(18-12)10-7-11(10)14(16)17/h1-6,10-11H,7H2,(H,16,17). The van der Waals surface area contributed by atoms with E-state index in [1.54, 1.807) is 24.3 Å². The number of carbonyl (C=O) groups is 1. The summed E-state index contributed by atoms with van der Waals surface area (Å²) in [5.74, 6) is -0.0740. The molecule has 3 nitrogen and oxygen atoms in total. The fraction of sp³-hybridized carbons (Fsp3) is 0.214. The van der Waals surface area contributed by atoms with Gasteiger partial charge in [-0.15, -0.1) is 0 Å². The molecule has 2 unspecified atom stereocenters. The molecule has 2 aromatic rings. The van der Waals surface area contributed by atoms with Gasteiger partial charge in [-0.25, -0.2) is 4.39 Å². The van der Waals surface area contributed by atoms with Crippen molar-refractivity contribution in [3.8, 4) is 11.3 Å². The normalized spacial score (nSPS) is 21.8. The van der Waals surface area contributed by atoms with E-state index in [1.807, 2.05) is 0 Å². The quantitative estimate of drug-likeness (QED) is 0.904. The van der Waals surface area contributed by atoms with Gasteiger partial charge in [-0.3, -0.25) is 4.79 Å². The number of furan rings is 1. The molecule has 18 heavy (non-hydrogen) atoms. The molecule has 4 heteroatoms. The fourth-order valence-electron chi connectivity index (χ4n) is 2.10. The highest BCUT2D eigenvalue weighted by Crippen LogP contribution is 2.48. The average Bonchev–Trinajstić information content (AvgIpc) is 3.02. The summed E-state index contributed by atoms with van der Waals surface area (Å²) in [5, 5.41) is 8.86. The molecule has 1 aromatic heterocycles. The van der Waals surface area contributed by atoms with Crippen molar-refractivity contribution >= 4 is 5.97 Å².